The van der Waals surface area contributed by atoms with Gasteiger partial charge in [-0.1, -0.05) is 0 Å². The monoisotopic (exact) mass is 1600 g/mol. The number of allylic oxidation sites excluding steroid dienone is 4. The molecule has 16 rings (SSSR count). The van der Waals surface area contributed by atoms with E-state index in [4.69, 9.17) is 0 Å². The molecular formula is C104H118Si2Zr2. The summed E-state index contributed by atoms with van der Waals surface area (Å²) in [4.78, 5) is 0. The molecule has 0 nitrogen and oxygen atoms in total. The summed E-state index contributed by atoms with van der Waals surface area (Å²) < 4.78 is 10.5. The van der Waals surface area contributed by atoms with Crippen molar-refractivity contribution in [3.8, 4) is 44.5 Å². The van der Waals surface area contributed by atoms with Crippen LogP contribution >= 0.6 is 0 Å². The van der Waals surface area contributed by atoms with Crippen molar-refractivity contribution in [3.05, 3.63) is 309 Å². The van der Waals surface area contributed by atoms with Gasteiger partial charge >= 0.3 is 652 Å². The van der Waals surface area contributed by atoms with Crippen LogP contribution in [-0.2, 0) is 32.9 Å². The molecule has 0 saturated heterocycles. The molecule has 0 radical (unpaired) electrons. The molecule has 0 spiro atoms. The summed E-state index contributed by atoms with van der Waals surface area (Å²) in [5.41, 5.74) is 30.9. The van der Waals surface area contributed by atoms with E-state index in [1.807, 2.05) is 0 Å². The molecule has 4 aliphatic rings. The molecule has 0 saturated carbocycles. The Labute approximate surface area is 646 Å². The predicted octanol–water partition coefficient (Wildman–Crippen LogP) is 30.9. The van der Waals surface area contributed by atoms with E-state index in [0.717, 1.165) is 0 Å². The van der Waals surface area contributed by atoms with E-state index in [2.05, 4.69) is 335 Å². The molecular weight excluding hydrogens is 1490 g/mol. The van der Waals surface area contributed by atoms with Gasteiger partial charge in [-0.05, 0) is 0 Å². The molecule has 0 aliphatic heterocycles. The summed E-state index contributed by atoms with van der Waals surface area (Å²) in [5, 5.41) is 10.8. The fraction of sp³-hybridized carbons (Fsp3) is 0.308. The summed E-state index contributed by atoms with van der Waals surface area (Å²) in [7, 11) is 0. The van der Waals surface area contributed by atoms with Gasteiger partial charge in [0.25, 0.3) is 0 Å². The topological polar surface area (TPSA) is 0 Å². The molecule has 0 heterocycles. The van der Waals surface area contributed by atoms with Crippen molar-refractivity contribution >= 4 is 80.7 Å². The normalized spacial score (nSPS) is 18.3. The molecule has 0 fully saturated rings. The average molecular weight is 1610 g/mol. The van der Waals surface area contributed by atoms with Crippen LogP contribution in [0.1, 0.15) is 191 Å². The molecule has 0 bridgehead atoms. The third-order valence-electron chi connectivity index (χ3n) is 31.8. The zero-order valence-electron chi connectivity index (χ0n) is 66.9. The van der Waals surface area contributed by atoms with Gasteiger partial charge in [0.05, 0.1) is 0 Å². The molecule has 0 amide bonds. The molecule has 4 aliphatic carbocycles. The third kappa shape index (κ3) is 11.3. The van der Waals surface area contributed by atoms with Crippen LogP contribution in [-0.4, -0.2) is 13.3 Å². The summed E-state index contributed by atoms with van der Waals surface area (Å²) in [6.07, 6.45) is 26.7. The average Bonchev–Trinajstić information content (AvgIpc) is 1.30. The first kappa shape index (κ1) is 74.9. The van der Waals surface area contributed by atoms with Crippen LogP contribution in [0.15, 0.2) is 265 Å². The van der Waals surface area contributed by atoms with Gasteiger partial charge in [-0.15, -0.1) is 0 Å². The van der Waals surface area contributed by atoms with Crippen molar-refractivity contribution in [3.63, 3.8) is 0 Å². The van der Waals surface area contributed by atoms with Gasteiger partial charge in [-0.2, -0.15) is 0 Å². The standard InChI is InChI=1S/4C20H15.C6H12.4C4H9.2CH5Si.2Zr/c4*1-14-12-16-8-5-11-19(20(16)13-14)18-10-4-7-15-6-2-3-9-17(15)18;1-3-5-6-4-2;4*1-3-4-2;2*1-2;;/h4*2-13H,1H3;1-6H2;4*1,3-4H2,2H3;2*2H2,1H3;;. The summed E-state index contributed by atoms with van der Waals surface area (Å²) in [6.45, 7) is 25.2. The van der Waals surface area contributed by atoms with E-state index in [-0.39, 0.29) is 0 Å². The van der Waals surface area contributed by atoms with Crippen molar-refractivity contribution in [1.29, 1.82) is 0 Å². The number of fused-ring (bicyclic) bond motifs is 8. The van der Waals surface area contributed by atoms with Gasteiger partial charge in [0.1, 0.15) is 0 Å². The molecule has 4 heteroatoms. The third-order valence-corrected chi connectivity index (χ3v) is 149. The Morgan fingerprint density at radius 3 is 0.667 bits per heavy atom. The van der Waals surface area contributed by atoms with Crippen LogP contribution in [0.25, 0.3) is 112 Å². The number of hydrogen-bond donors (Lipinski definition) is 0. The number of benzene rings is 12. The molecule has 108 heavy (non-hydrogen) atoms. The predicted molar refractivity (Wildman–Crippen MR) is 479 cm³/mol. The molecule has 12 aromatic rings. The SMILES string of the molecule is CCC[CH2][Zr]([CH2]CCC)([CH2]CCCC[CH2][Zr]([CH2]CCC)([CH2]CCC)([SiH2]C)([CH]1C(C)=Cc2c(-c3cccc4ccccc34)cccc21)[CH]1C(C)=Cc2c(-c3cccc4ccccc34)cccc21)([SiH2]C)([CH]1C(C)=Cc2c(-c3cccc4ccccc34)cccc21)[CH]1C(C)=Cc2c(-c3cccc4ccccc34)cccc21. The first-order valence-corrected chi connectivity index (χ1v) is 73.4. The van der Waals surface area contributed by atoms with Gasteiger partial charge in [0, 0.05) is 0 Å². The van der Waals surface area contributed by atoms with Gasteiger partial charge in [0.2, 0.25) is 0 Å². The Kier molecular flexibility index (Phi) is 20.2. The van der Waals surface area contributed by atoms with E-state index in [1.54, 1.807) is 44.5 Å². The Balaban J connectivity index is 0.881. The van der Waals surface area contributed by atoms with Crippen LogP contribution in [0.2, 0.25) is 37.9 Å². The van der Waals surface area contributed by atoms with Gasteiger partial charge in [0.15, 0.2) is 0 Å². The Hall–Kier alpha value is -7.16. The van der Waals surface area contributed by atoms with Gasteiger partial charge in [-0.25, -0.2) is 0 Å². The summed E-state index contributed by atoms with van der Waals surface area (Å²) >= 11 is -10.5. The first-order chi connectivity index (χ1) is 52.7. The Bertz CT molecular complexity index is 4960. The second kappa shape index (κ2) is 29.2. The summed E-state index contributed by atoms with van der Waals surface area (Å²) in [5.74, 6) is 0. The first-order valence-electron chi connectivity index (χ1n) is 42.6. The minimum atomic E-state index is -5.25. The quantitative estimate of drug-likeness (QED) is 0.0324. The van der Waals surface area contributed by atoms with E-state index < -0.39 is 46.2 Å². The molecule has 0 aromatic heterocycles. The maximum atomic E-state index is 2.95. The molecule has 550 valence electrons. The van der Waals surface area contributed by atoms with Gasteiger partial charge < -0.3 is 0 Å². The van der Waals surface area contributed by atoms with Crippen molar-refractivity contribution < 1.29 is 32.9 Å². The van der Waals surface area contributed by atoms with E-state index >= 15 is 0 Å². The summed E-state index contributed by atoms with van der Waals surface area (Å²) in [6, 6.07) is 95.9. The Morgan fingerprint density at radius 2 is 0.435 bits per heavy atom. The van der Waals surface area contributed by atoms with Crippen molar-refractivity contribution in [2.45, 2.75) is 185 Å². The van der Waals surface area contributed by atoms with Crippen molar-refractivity contribution in [1.82, 2.24) is 0 Å². The van der Waals surface area contributed by atoms with Crippen LogP contribution in [0.5, 0.6) is 0 Å². The van der Waals surface area contributed by atoms with Crippen LogP contribution in [0.3, 0.4) is 0 Å². The number of hydrogen-bond acceptors (Lipinski definition) is 0. The molecule has 12 aromatic carbocycles. The van der Waals surface area contributed by atoms with Crippen LogP contribution in [0.4, 0.5) is 0 Å². The maximum absolute atomic E-state index is 5.25. The van der Waals surface area contributed by atoms with Crippen molar-refractivity contribution in [2.24, 2.45) is 0 Å². The fourth-order valence-electron chi connectivity index (χ4n) is 27.7. The zero-order valence-corrected chi connectivity index (χ0v) is 74.6. The second-order valence-corrected chi connectivity index (χ2v) is 121. The van der Waals surface area contributed by atoms with Crippen LogP contribution in [0, 0.1) is 0 Å². The van der Waals surface area contributed by atoms with E-state index in [0.29, 0.717) is 14.5 Å². The zero-order chi connectivity index (χ0) is 74.5. The number of unbranched alkanes of at least 4 members (excludes halogenated alkanes) is 7. The minimum absolute atomic E-state index is 0.461. The second-order valence-electron chi connectivity index (χ2n) is 36.3. The molecule has 4 unspecified atom stereocenters. The fourth-order valence-corrected chi connectivity index (χ4v) is 145. The van der Waals surface area contributed by atoms with Crippen molar-refractivity contribution in [2.75, 3.05) is 0 Å². The number of rotatable bonds is 29. The Morgan fingerprint density at radius 1 is 0.231 bits per heavy atom. The van der Waals surface area contributed by atoms with Gasteiger partial charge in [-0.3, -0.25) is 0 Å². The molecule has 0 N–H and O–H groups in total. The van der Waals surface area contributed by atoms with E-state index in [9.17, 15) is 0 Å². The molecule has 4 atom stereocenters. The van der Waals surface area contributed by atoms with Crippen LogP contribution < -0.4 is 0 Å². The van der Waals surface area contributed by atoms with E-state index in [1.165, 1.54) is 212 Å².